The summed E-state index contributed by atoms with van der Waals surface area (Å²) in [7, 11) is 0. The fourth-order valence-corrected chi connectivity index (χ4v) is 2.70. The van der Waals surface area contributed by atoms with Crippen LogP contribution >= 0.6 is 11.8 Å². The van der Waals surface area contributed by atoms with Gasteiger partial charge >= 0.3 is 0 Å². The molecule has 1 atom stereocenters. The first-order chi connectivity index (χ1) is 5.18. The van der Waals surface area contributed by atoms with E-state index in [4.69, 9.17) is 0 Å². The molecule has 1 aliphatic carbocycles. The van der Waals surface area contributed by atoms with Crippen LogP contribution in [0.3, 0.4) is 0 Å². The molecule has 57 valence electrons. The fraction of sp³-hybridized carbons (Fsp3) is 0.400. The summed E-state index contributed by atoms with van der Waals surface area (Å²) in [6, 6.07) is 0. The second-order valence-corrected chi connectivity index (χ2v) is 4.46. The van der Waals surface area contributed by atoms with Gasteiger partial charge in [0, 0.05) is 0 Å². The van der Waals surface area contributed by atoms with Crippen LogP contribution in [0, 0.1) is 6.08 Å². The predicted octanol–water partition coefficient (Wildman–Crippen LogP) is 3.09. The maximum atomic E-state index is 3.40. The molecule has 0 saturated carbocycles. The summed E-state index contributed by atoms with van der Waals surface area (Å²) in [5, 5.41) is 0.593. The van der Waals surface area contributed by atoms with E-state index in [9.17, 15) is 0 Å². The number of rotatable bonds is 0. The van der Waals surface area contributed by atoms with Crippen LogP contribution in [-0.2, 0) is 0 Å². The monoisotopic (exact) mass is 163 g/mol. The molecule has 1 radical (unpaired) electrons. The van der Waals surface area contributed by atoms with Crippen molar-refractivity contribution in [3.63, 3.8) is 0 Å². The molecule has 0 N–H and O–H groups in total. The molecule has 0 saturated heterocycles. The van der Waals surface area contributed by atoms with E-state index in [2.05, 4.69) is 32.9 Å². The van der Waals surface area contributed by atoms with Gasteiger partial charge in [-0.15, -0.1) is 11.8 Å². The second kappa shape index (κ2) is 2.28. The van der Waals surface area contributed by atoms with Crippen molar-refractivity contribution < 1.29 is 0 Å². The summed E-state index contributed by atoms with van der Waals surface area (Å²) < 4.78 is 0. The lowest BCUT2D eigenvalue weighted by Gasteiger charge is -1.98. The lowest BCUT2D eigenvalue weighted by molar-refractivity contribution is 1.31. The Bertz CT molecular complexity index is 292. The van der Waals surface area contributed by atoms with E-state index < -0.39 is 0 Å². The number of hydrogen-bond donors (Lipinski definition) is 0. The van der Waals surface area contributed by atoms with Gasteiger partial charge in [0.1, 0.15) is 0 Å². The summed E-state index contributed by atoms with van der Waals surface area (Å²) in [6.07, 6.45) is 5.74. The normalized spacial score (nSPS) is 28.8. The van der Waals surface area contributed by atoms with E-state index in [1.165, 1.54) is 21.6 Å². The molecule has 2 aliphatic rings. The summed E-state index contributed by atoms with van der Waals surface area (Å²) in [5.74, 6) is 0. The Labute approximate surface area is 72.1 Å². The minimum Gasteiger partial charge on any atom is -0.118 e. The van der Waals surface area contributed by atoms with Crippen molar-refractivity contribution in [1.82, 2.24) is 0 Å². The van der Waals surface area contributed by atoms with Gasteiger partial charge in [-0.1, -0.05) is 11.6 Å². The lowest BCUT2D eigenvalue weighted by atomic mass is 10.1. The number of allylic oxidation sites excluding steroid dienone is 4. The standard InChI is InChI=1S/C10H11S/c1-6-4-10-9(8(6)3)5-7(2)11-10/h4,10H,1-3H3. The van der Waals surface area contributed by atoms with Gasteiger partial charge in [0.15, 0.2) is 0 Å². The lowest BCUT2D eigenvalue weighted by Crippen LogP contribution is -1.90. The number of thioether (sulfide) groups is 1. The van der Waals surface area contributed by atoms with Crippen molar-refractivity contribution in [2.75, 3.05) is 0 Å². The molecule has 2 rings (SSSR count). The summed E-state index contributed by atoms with van der Waals surface area (Å²) >= 11 is 1.91. The number of fused-ring (bicyclic) bond motifs is 1. The van der Waals surface area contributed by atoms with Crippen molar-refractivity contribution in [2.45, 2.75) is 26.0 Å². The molecule has 0 aromatic heterocycles. The van der Waals surface area contributed by atoms with Crippen LogP contribution < -0.4 is 0 Å². The highest BCUT2D eigenvalue weighted by atomic mass is 32.2. The van der Waals surface area contributed by atoms with Gasteiger partial charge in [0.2, 0.25) is 0 Å². The van der Waals surface area contributed by atoms with Gasteiger partial charge < -0.3 is 0 Å². The average Bonchev–Trinajstić information content (AvgIpc) is 2.37. The van der Waals surface area contributed by atoms with Crippen molar-refractivity contribution in [2.24, 2.45) is 0 Å². The van der Waals surface area contributed by atoms with Gasteiger partial charge in [-0.3, -0.25) is 0 Å². The molecule has 0 amide bonds. The third-order valence-corrected chi connectivity index (χ3v) is 3.38. The molecule has 0 nitrogen and oxygen atoms in total. The van der Waals surface area contributed by atoms with Gasteiger partial charge in [-0.2, -0.15) is 0 Å². The molecule has 1 unspecified atom stereocenters. The van der Waals surface area contributed by atoms with Crippen molar-refractivity contribution in [1.29, 1.82) is 0 Å². The predicted molar refractivity (Wildman–Crippen MR) is 50.3 cm³/mol. The first kappa shape index (κ1) is 7.23. The van der Waals surface area contributed by atoms with Gasteiger partial charge in [0.05, 0.1) is 5.25 Å². The van der Waals surface area contributed by atoms with E-state index in [0.717, 1.165) is 0 Å². The molecular weight excluding hydrogens is 152 g/mol. The Morgan fingerprint density at radius 1 is 1.36 bits per heavy atom. The van der Waals surface area contributed by atoms with Crippen molar-refractivity contribution in [3.05, 3.63) is 33.8 Å². The van der Waals surface area contributed by atoms with Crippen LogP contribution in [-0.4, -0.2) is 5.25 Å². The Morgan fingerprint density at radius 2 is 2.09 bits per heavy atom. The molecule has 0 aromatic carbocycles. The first-order valence-electron chi connectivity index (χ1n) is 3.85. The summed E-state index contributed by atoms with van der Waals surface area (Å²) in [5.41, 5.74) is 4.27. The molecule has 1 heteroatoms. The minimum atomic E-state index is 0.593. The molecule has 1 aliphatic heterocycles. The Hall–Kier alpha value is -0.430. The van der Waals surface area contributed by atoms with E-state index in [-0.39, 0.29) is 0 Å². The smallest absolute Gasteiger partial charge is 0.0536 e. The van der Waals surface area contributed by atoms with Gasteiger partial charge in [-0.25, -0.2) is 0 Å². The molecule has 11 heavy (non-hydrogen) atoms. The SMILES string of the molecule is CC1=[C]C2=C(C)C(C)=CC2S1. The minimum absolute atomic E-state index is 0.593. The highest BCUT2D eigenvalue weighted by Gasteiger charge is 2.26. The molecule has 0 aromatic rings. The van der Waals surface area contributed by atoms with E-state index >= 15 is 0 Å². The molecule has 0 bridgehead atoms. The zero-order valence-electron chi connectivity index (χ0n) is 7.06. The fourth-order valence-electron chi connectivity index (χ4n) is 1.53. The average molecular weight is 163 g/mol. The highest BCUT2D eigenvalue weighted by Crippen LogP contribution is 2.43. The largest absolute Gasteiger partial charge is 0.118 e. The zero-order valence-corrected chi connectivity index (χ0v) is 7.88. The quantitative estimate of drug-likeness (QED) is 0.529. The third-order valence-electron chi connectivity index (χ3n) is 2.30. The molecule has 0 spiro atoms. The van der Waals surface area contributed by atoms with Crippen molar-refractivity contribution >= 4 is 11.8 Å². The van der Waals surface area contributed by atoms with Crippen LogP contribution in [0.5, 0.6) is 0 Å². The van der Waals surface area contributed by atoms with E-state index in [1.54, 1.807) is 0 Å². The van der Waals surface area contributed by atoms with E-state index in [1.807, 2.05) is 11.8 Å². The maximum Gasteiger partial charge on any atom is 0.0536 e. The van der Waals surface area contributed by atoms with Gasteiger partial charge in [0.25, 0.3) is 0 Å². The van der Waals surface area contributed by atoms with Crippen LogP contribution in [0.15, 0.2) is 27.7 Å². The Balaban J connectivity index is 2.45. The molecule has 0 fully saturated rings. The number of hydrogen-bond acceptors (Lipinski definition) is 1. The Morgan fingerprint density at radius 3 is 2.73 bits per heavy atom. The zero-order chi connectivity index (χ0) is 8.01. The maximum absolute atomic E-state index is 3.40. The third kappa shape index (κ3) is 0.987. The van der Waals surface area contributed by atoms with Crippen LogP contribution in [0.4, 0.5) is 0 Å². The van der Waals surface area contributed by atoms with Gasteiger partial charge in [-0.05, 0) is 42.9 Å². The highest BCUT2D eigenvalue weighted by molar-refractivity contribution is 8.04. The molecular formula is C10H11S. The Kier molecular flexibility index (Phi) is 1.50. The van der Waals surface area contributed by atoms with Crippen LogP contribution in [0.1, 0.15) is 20.8 Å². The first-order valence-corrected chi connectivity index (χ1v) is 4.73. The van der Waals surface area contributed by atoms with Crippen molar-refractivity contribution in [3.8, 4) is 0 Å². The topological polar surface area (TPSA) is 0 Å². The molecule has 1 heterocycles. The second-order valence-electron chi connectivity index (χ2n) is 3.11. The van der Waals surface area contributed by atoms with Crippen LogP contribution in [0.25, 0.3) is 0 Å². The summed E-state index contributed by atoms with van der Waals surface area (Å²) in [6.45, 7) is 6.50. The van der Waals surface area contributed by atoms with E-state index in [0.29, 0.717) is 5.25 Å². The van der Waals surface area contributed by atoms with Crippen LogP contribution in [0.2, 0.25) is 0 Å². The summed E-state index contributed by atoms with van der Waals surface area (Å²) in [4.78, 5) is 1.33.